The minimum atomic E-state index is -0.849. The van der Waals surface area contributed by atoms with E-state index in [-0.39, 0.29) is 43.1 Å². The number of nitrogens with zero attached hydrogens (tertiary/aromatic N) is 5. The summed E-state index contributed by atoms with van der Waals surface area (Å²) in [5.41, 5.74) is 4.27. The van der Waals surface area contributed by atoms with Crippen LogP contribution >= 0.6 is 0 Å². The van der Waals surface area contributed by atoms with Crippen LogP contribution in [0.5, 0.6) is 5.75 Å². The second kappa shape index (κ2) is 13.1. The van der Waals surface area contributed by atoms with Gasteiger partial charge in [0.2, 0.25) is 11.8 Å². The van der Waals surface area contributed by atoms with Gasteiger partial charge in [0.1, 0.15) is 24.5 Å². The maximum atomic E-state index is 14.3. The van der Waals surface area contributed by atoms with E-state index in [1.165, 1.54) is 0 Å². The Morgan fingerprint density at radius 3 is 2.36 bits per heavy atom. The van der Waals surface area contributed by atoms with Gasteiger partial charge in [-0.05, 0) is 48.7 Å². The van der Waals surface area contributed by atoms with E-state index in [1.54, 1.807) is 51.0 Å². The minimum Gasteiger partial charge on any atom is -0.508 e. The molecule has 0 bridgehead atoms. The fourth-order valence-corrected chi connectivity index (χ4v) is 5.89. The van der Waals surface area contributed by atoms with Crippen LogP contribution in [0.25, 0.3) is 0 Å². The number of urea groups is 1. The summed E-state index contributed by atoms with van der Waals surface area (Å²) in [4.78, 5) is 47.5. The van der Waals surface area contributed by atoms with Gasteiger partial charge in [0, 0.05) is 44.5 Å². The normalized spacial score (nSPS) is 18.2. The van der Waals surface area contributed by atoms with Gasteiger partial charge >= 0.3 is 6.03 Å². The van der Waals surface area contributed by atoms with E-state index in [2.05, 4.69) is 23.7 Å². The SMILES string of the molecule is C=C(C)N1CC(=O)N2[C@@H](Cc3ccc(O)cc3)C(=O)N(Cc3ccccc3N(C)CC)C[C@@H]2N1C(=O)NCc1ccccc1. The third-order valence-corrected chi connectivity index (χ3v) is 8.29. The molecule has 230 valence electrons. The molecule has 0 spiro atoms. The van der Waals surface area contributed by atoms with Crippen LogP contribution < -0.4 is 10.2 Å². The Labute approximate surface area is 258 Å². The predicted octanol–water partition coefficient (Wildman–Crippen LogP) is 3.93. The van der Waals surface area contributed by atoms with Crippen LogP contribution in [0.2, 0.25) is 0 Å². The zero-order chi connectivity index (χ0) is 31.4. The molecule has 2 aliphatic heterocycles. The van der Waals surface area contributed by atoms with Crippen molar-refractivity contribution in [1.82, 2.24) is 25.1 Å². The molecule has 10 nitrogen and oxygen atoms in total. The summed E-state index contributed by atoms with van der Waals surface area (Å²) in [5.74, 6) is -0.328. The van der Waals surface area contributed by atoms with Gasteiger partial charge in [0.05, 0.1) is 6.54 Å². The van der Waals surface area contributed by atoms with E-state index in [1.807, 2.05) is 61.6 Å². The molecular weight excluding hydrogens is 556 g/mol. The van der Waals surface area contributed by atoms with Gasteiger partial charge in [0.15, 0.2) is 0 Å². The van der Waals surface area contributed by atoms with Crippen LogP contribution in [0, 0.1) is 0 Å². The molecule has 3 aromatic carbocycles. The number of hydrogen-bond donors (Lipinski definition) is 2. The Morgan fingerprint density at radius 2 is 1.68 bits per heavy atom. The highest BCUT2D eigenvalue weighted by Crippen LogP contribution is 2.32. The van der Waals surface area contributed by atoms with Crippen molar-refractivity contribution >= 4 is 23.5 Å². The Bertz CT molecular complexity index is 1510. The number of piperazine rings is 1. The lowest BCUT2D eigenvalue weighted by atomic mass is 9.98. The largest absolute Gasteiger partial charge is 0.508 e. The lowest BCUT2D eigenvalue weighted by Gasteiger charge is -2.55. The van der Waals surface area contributed by atoms with Gasteiger partial charge in [-0.25, -0.2) is 9.80 Å². The summed E-state index contributed by atoms with van der Waals surface area (Å²) in [7, 11) is 2.01. The second-order valence-electron chi connectivity index (χ2n) is 11.3. The molecule has 0 saturated carbocycles. The topological polar surface area (TPSA) is 99.7 Å². The second-order valence-corrected chi connectivity index (χ2v) is 11.3. The summed E-state index contributed by atoms with van der Waals surface area (Å²) in [6, 6.07) is 23.0. The van der Waals surface area contributed by atoms with Crippen molar-refractivity contribution in [3.05, 3.63) is 108 Å². The highest BCUT2D eigenvalue weighted by atomic mass is 16.3. The first kappa shape index (κ1) is 30.5. The first-order chi connectivity index (χ1) is 21.2. The van der Waals surface area contributed by atoms with E-state index in [0.717, 1.165) is 28.9 Å². The van der Waals surface area contributed by atoms with Crippen LogP contribution in [0.3, 0.4) is 0 Å². The van der Waals surface area contributed by atoms with Crippen molar-refractivity contribution in [1.29, 1.82) is 0 Å². The number of rotatable bonds is 9. The standard InChI is InChI=1S/C34H40N6O4/c1-5-36(4)29-14-10-9-13-27(29)21-37-22-31-39(30(33(37)43)19-25-15-17-28(41)18-16-25)32(42)23-38(24(2)3)40(31)34(44)35-20-26-11-7-6-8-12-26/h6-18,30-31,41H,2,5,19-23H2,1,3-4H3,(H,35,44)/t30-,31-/m0/s1. The van der Waals surface area contributed by atoms with Crippen LogP contribution in [0.1, 0.15) is 30.5 Å². The minimum absolute atomic E-state index is 0.117. The molecule has 0 unspecified atom stereocenters. The lowest BCUT2D eigenvalue weighted by molar-refractivity contribution is -0.186. The average Bonchev–Trinajstić information content (AvgIpc) is 3.03. The number of fused-ring (bicyclic) bond motifs is 1. The van der Waals surface area contributed by atoms with E-state index in [0.29, 0.717) is 18.8 Å². The van der Waals surface area contributed by atoms with Crippen molar-refractivity contribution in [2.75, 3.05) is 31.6 Å². The lowest BCUT2D eigenvalue weighted by Crippen LogP contribution is -2.76. The van der Waals surface area contributed by atoms with Crippen molar-refractivity contribution in [2.24, 2.45) is 0 Å². The van der Waals surface area contributed by atoms with Gasteiger partial charge in [-0.3, -0.25) is 14.6 Å². The van der Waals surface area contributed by atoms with Crippen molar-refractivity contribution in [3.63, 3.8) is 0 Å². The molecule has 3 aromatic rings. The Balaban J connectivity index is 1.52. The van der Waals surface area contributed by atoms with Crippen LogP contribution in [0.15, 0.2) is 91.1 Å². The predicted molar refractivity (Wildman–Crippen MR) is 169 cm³/mol. The van der Waals surface area contributed by atoms with E-state index >= 15 is 0 Å². The number of phenolic OH excluding ortho intramolecular Hbond substituents is 1. The number of benzene rings is 3. The Morgan fingerprint density at radius 1 is 1.00 bits per heavy atom. The number of carbonyl (C=O) groups is 3. The molecule has 2 atom stereocenters. The molecule has 4 amide bonds. The first-order valence-corrected chi connectivity index (χ1v) is 14.9. The molecule has 0 radical (unpaired) electrons. The van der Waals surface area contributed by atoms with E-state index in [4.69, 9.17) is 0 Å². The van der Waals surface area contributed by atoms with Crippen molar-refractivity contribution in [2.45, 2.75) is 45.6 Å². The molecule has 2 saturated heterocycles. The molecule has 2 heterocycles. The van der Waals surface area contributed by atoms with Crippen LogP contribution in [0.4, 0.5) is 10.5 Å². The average molecular weight is 597 g/mol. The van der Waals surface area contributed by atoms with Crippen LogP contribution in [-0.2, 0) is 29.1 Å². The Hall–Kier alpha value is -4.99. The summed E-state index contributed by atoms with van der Waals surface area (Å²) in [5, 5.41) is 16.0. The molecule has 5 rings (SSSR count). The Kier molecular flexibility index (Phi) is 9.08. The molecule has 2 aliphatic rings. The molecule has 44 heavy (non-hydrogen) atoms. The number of para-hydroxylation sites is 1. The number of nitrogens with one attached hydrogen (secondary N) is 1. The van der Waals surface area contributed by atoms with Crippen LogP contribution in [-0.4, -0.2) is 81.7 Å². The smallest absolute Gasteiger partial charge is 0.338 e. The number of amides is 4. The third-order valence-electron chi connectivity index (χ3n) is 8.29. The van der Waals surface area contributed by atoms with Gasteiger partial charge in [0.25, 0.3) is 0 Å². The van der Waals surface area contributed by atoms with Crippen molar-refractivity contribution < 1.29 is 19.5 Å². The first-order valence-electron chi connectivity index (χ1n) is 14.9. The molecule has 0 aromatic heterocycles. The highest BCUT2D eigenvalue weighted by Gasteiger charge is 2.51. The number of hydrogen-bond acceptors (Lipinski definition) is 6. The number of anilines is 1. The van der Waals surface area contributed by atoms with Gasteiger partial charge < -0.3 is 25.1 Å². The van der Waals surface area contributed by atoms with E-state index in [9.17, 15) is 19.5 Å². The van der Waals surface area contributed by atoms with Gasteiger partial charge in [-0.1, -0.05) is 67.2 Å². The summed E-state index contributed by atoms with van der Waals surface area (Å²) in [6.07, 6.45) is -0.527. The number of aromatic hydroxyl groups is 1. The van der Waals surface area contributed by atoms with Gasteiger partial charge in [-0.2, -0.15) is 0 Å². The fourth-order valence-electron chi connectivity index (χ4n) is 5.89. The van der Waals surface area contributed by atoms with E-state index < -0.39 is 12.2 Å². The molecule has 10 heteroatoms. The summed E-state index contributed by atoms with van der Waals surface area (Å²) in [6.45, 7) is 9.32. The fraction of sp³-hybridized carbons (Fsp3) is 0.324. The third kappa shape index (κ3) is 6.34. The number of hydrazine groups is 1. The maximum absolute atomic E-state index is 14.3. The maximum Gasteiger partial charge on any atom is 0.338 e. The summed E-state index contributed by atoms with van der Waals surface area (Å²) >= 11 is 0. The highest BCUT2D eigenvalue weighted by molar-refractivity contribution is 5.92. The zero-order valence-electron chi connectivity index (χ0n) is 25.5. The summed E-state index contributed by atoms with van der Waals surface area (Å²) < 4.78 is 0. The quantitative estimate of drug-likeness (QED) is 0.389. The number of carbonyl (C=O) groups excluding carboxylic acids is 3. The molecule has 2 fully saturated rings. The number of allylic oxidation sites excluding steroid dienone is 1. The molecule has 2 N–H and O–H groups in total. The molecular formula is C34H40N6O4. The molecule has 0 aliphatic carbocycles. The number of phenols is 1. The monoisotopic (exact) mass is 596 g/mol. The zero-order valence-corrected chi connectivity index (χ0v) is 25.5. The van der Waals surface area contributed by atoms with Crippen molar-refractivity contribution in [3.8, 4) is 5.75 Å². The van der Waals surface area contributed by atoms with Gasteiger partial charge in [-0.15, -0.1) is 0 Å².